The molecule has 3 amide bonds. The van der Waals surface area contributed by atoms with Gasteiger partial charge in [-0.1, -0.05) is 23.8 Å². The number of fused-ring (bicyclic) bond motifs is 5. The second-order valence-corrected chi connectivity index (χ2v) is 10.2. The first-order valence-electron chi connectivity index (χ1n) is 11.8. The Morgan fingerprint density at radius 2 is 1.63 bits per heavy atom. The van der Waals surface area contributed by atoms with Crippen molar-refractivity contribution in [2.75, 3.05) is 16.3 Å². The normalized spacial score (nSPS) is 28.9. The highest BCUT2D eigenvalue weighted by molar-refractivity contribution is 6.30. The van der Waals surface area contributed by atoms with Gasteiger partial charge < -0.3 is 9.64 Å². The number of nitrogens with zero attached hydrogens (tertiary/aromatic N) is 2. The molecule has 2 aliphatic carbocycles. The number of carbonyl (C=O) groups excluding carboxylic acids is 4. The number of ether oxygens (including phenoxy) is 1. The lowest BCUT2D eigenvalue weighted by Crippen LogP contribution is -2.33. The van der Waals surface area contributed by atoms with Crippen molar-refractivity contribution in [2.24, 2.45) is 29.6 Å². The van der Waals surface area contributed by atoms with Crippen molar-refractivity contribution in [1.29, 1.82) is 0 Å². The monoisotopic (exact) mass is 490 g/mol. The molecule has 2 heterocycles. The third-order valence-corrected chi connectivity index (χ3v) is 7.95. The summed E-state index contributed by atoms with van der Waals surface area (Å²) in [4.78, 5) is 54.4. The van der Waals surface area contributed by atoms with Gasteiger partial charge in [0.2, 0.25) is 17.7 Å². The Labute approximate surface area is 207 Å². The Morgan fingerprint density at radius 1 is 0.971 bits per heavy atom. The van der Waals surface area contributed by atoms with Crippen LogP contribution in [0.1, 0.15) is 18.4 Å². The van der Waals surface area contributed by atoms with E-state index in [0.717, 1.165) is 6.42 Å². The van der Waals surface area contributed by atoms with Gasteiger partial charge in [-0.15, -0.1) is 0 Å². The summed E-state index contributed by atoms with van der Waals surface area (Å²) in [7, 11) is 0. The number of esters is 1. The maximum absolute atomic E-state index is 13.1. The number of anilines is 2. The molecule has 2 saturated heterocycles. The van der Waals surface area contributed by atoms with Gasteiger partial charge in [0, 0.05) is 23.7 Å². The molecule has 0 aromatic heterocycles. The molecule has 6 rings (SSSR count). The van der Waals surface area contributed by atoms with E-state index in [2.05, 4.69) is 12.2 Å². The molecule has 2 aliphatic heterocycles. The SMILES string of the molecule is Cc1cc(OC(=O)[C@@H]2CC(=O)N(c3ccc(Cl)cc3)C2)ccc1N1C(=O)[C@H]2[C@H](C1=O)[C@H]1C=C[C@H]2C1. The van der Waals surface area contributed by atoms with Crippen molar-refractivity contribution in [3.05, 3.63) is 65.2 Å². The van der Waals surface area contributed by atoms with Crippen LogP contribution in [0.15, 0.2) is 54.6 Å². The number of hydrogen-bond acceptors (Lipinski definition) is 5. The molecule has 8 heteroatoms. The smallest absolute Gasteiger partial charge is 0.316 e. The van der Waals surface area contributed by atoms with Crippen molar-refractivity contribution < 1.29 is 23.9 Å². The molecule has 35 heavy (non-hydrogen) atoms. The molecule has 0 spiro atoms. The Morgan fingerprint density at radius 3 is 2.26 bits per heavy atom. The molecular weight excluding hydrogens is 468 g/mol. The van der Waals surface area contributed by atoms with Gasteiger partial charge in [0.25, 0.3) is 0 Å². The zero-order chi connectivity index (χ0) is 24.4. The van der Waals surface area contributed by atoms with E-state index in [4.69, 9.17) is 16.3 Å². The van der Waals surface area contributed by atoms with E-state index in [9.17, 15) is 19.2 Å². The van der Waals surface area contributed by atoms with Crippen LogP contribution >= 0.6 is 11.6 Å². The van der Waals surface area contributed by atoms with Crippen LogP contribution in [-0.2, 0) is 19.2 Å². The van der Waals surface area contributed by atoms with E-state index in [1.54, 1.807) is 54.3 Å². The van der Waals surface area contributed by atoms with E-state index >= 15 is 0 Å². The van der Waals surface area contributed by atoms with Crippen LogP contribution in [0.2, 0.25) is 5.02 Å². The van der Waals surface area contributed by atoms with E-state index in [1.165, 1.54) is 4.90 Å². The van der Waals surface area contributed by atoms with Gasteiger partial charge in [-0.2, -0.15) is 0 Å². The summed E-state index contributed by atoms with van der Waals surface area (Å²) in [6, 6.07) is 11.8. The van der Waals surface area contributed by atoms with Crippen LogP contribution < -0.4 is 14.5 Å². The van der Waals surface area contributed by atoms with Gasteiger partial charge in [-0.05, 0) is 73.2 Å². The molecule has 0 radical (unpaired) electrons. The number of imide groups is 1. The lowest BCUT2D eigenvalue weighted by molar-refractivity contribution is -0.139. The van der Waals surface area contributed by atoms with E-state index in [1.807, 2.05) is 0 Å². The summed E-state index contributed by atoms with van der Waals surface area (Å²) in [6.07, 6.45) is 5.08. The first-order chi connectivity index (χ1) is 16.8. The summed E-state index contributed by atoms with van der Waals surface area (Å²) >= 11 is 5.92. The topological polar surface area (TPSA) is 84.0 Å². The van der Waals surface area contributed by atoms with Gasteiger partial charge in [0.05, 0.1) is 23.4 Å². The predicted octanol–water partition coefficient (Wildman–Crippen LogP) is 3.92. The molecule has 4 aliphatic rings. The average molecular weight is 491 g/mol. The first-order valence-corrected chi connectivity index (χ1v) is 12.1. The fourth-order valence-corrected chi connectivity index (χ4v) is 6.14. The number of carbonyl (C=O) groups is 4. The predicted molar refractivity (Wildman–Crippen MR) is 129 cm³/mol. The molecule has 5 atom stereocenters. The summed E-state index contributed by atoms with van der Waals surface area (Å²) in [6.45, 7) is 2.02. The Hall–Kier alpha value is -3.45. The van der Waals surface area contributed by atoms with Crippen LogP contribution in [0.5, 0.6) is 5.75 Å². The first kappa shape index (κ1) is 22.0. The van der Waals surface area contributed by atoms with Crippen molar-refractivity contribution in [3.8, 4) is 5.75 Å². The van der Waals surface area contributed by atoms with Gasteiger partial charge in [-0.3, -0.25) is 19.2 Å². The lowest BCUT2D eigenvalue weighted by Gasteiger charge is -2.20. The van der Waals surface area contributed by atoms with Crippen molar-refractivity contribution >= 4 is 46.7 Å². The van der Waals surface area contributed by atoms with E-state index in [-0.39, 0.29) is 54.4 Å². The Balaban J connectivity index is 1.15. The Kier molecular flexibility index (Phi) is 5.07. The zero-order valence-corrected chi connectivity index (χ0v) is 19.8. The highest BCUT2D eigenvalue weighted by atomic mass is 35.5. The number of aryl methyl sites for hydroxylation is 1. The number of hydrogen-bond donors (Lipinski definition) is 0. The molecule has 2 aromatic rings. The fourth-order valence-electron chi connectivity index (χ4n) is 6.02. The largest absolute Gasteiger partial charge is 0.426 e. The highest BCUT2D eigenvalue weighted by Crippen LogP contribution is 2.53. The van der Waals surface area contributed by atoms with Gasteiger partial charge >= 0.3 is 5.97 Å². The second kappa shape index (κ2) is 8.05. The fraction of sp³-hybridized carbons (Fsp3) is 0.333. The third kappa shape index (κ3) is 3.48. The summed E-state index contributed by atoms with van der Waals surface area (Å²) in [5, 5.41) is 0.569. The number of rotatable bonds is 4. The maximum atomic E-state index is 13.1. The van der Waals surface area contributed by atoms with E-state index < -0.39 is 11.9 Å². The minimum atomic E-state index is -0.595. The van der Waals surface area contributed by atoms with Crippen LogP contribution in [0.25, 0.3) is 0 Å². The molecule has 0 unspecified atom stereocenters. The average Bonchev–Trinajstić information content (AvgIpc) is 3.59. The third-order valence-electron chi connectivity index (χ3n) is 7.69. The molecule has 178 valence electrons. The highest BCUT2D eigenvalue weighted by Gasteiger charge is 2.59. The van der Waals surface area contributed by atoms with Crippen molar-refractivity contribution in [3.63, 3.8) is 0 Å². The molecule has 1 saturated carbocycles. The quantitative estimate of drug-likeness (QED) is 0.281. The number of amides is 3. The molecule has 2 bridgehead atoms. The number of halogens is 1. The van der Waals surface area contributed by atoms with Gasteiger partial charge in [-0.25, -0.2) is 4.90 Å². The number of allylic oxidation sites excluding steroid dienone is 2. The minimum Gasteiger partial charge on any atom is -0.426 e. The van der Waals surface area contributed by atoms with Crippen molar-refractivity contribution in [2.45, 2.75) is 19.8 Å². The Bertz CT molecular complexity index is 1270. The van der Waals surface area contributed by atoms with Crippen LogP contribution in [0.3, 0.4) is 0 Å². The molecule has 3 fully saturated rings. The maximum Gasteiger partial charge on any atom is 0.316 e. The molecular formula is C27H23ClN2O5. The summed E-state index contributed by atoms with van der Waals surface area (Å²) < 4.78 is 5.58. The minimum absolute atomic E-state index is 0.0639. The summed E-state index contributed by atoms with van der Waals surface area (Å²) in [5.74, 6) is -1.45. The van der Waals surface area contributed by atoms with Crippen LogP contribution in [0.4, 0.5) is 11.4 Å². The molecule has 0 N–H and O–H groups in total. The van der Waals surface area contributed by atoms with E-state index in [0.29, 0.717) is 27.7 Å². The zero-order valence-electron chi connectivity index (χ0n) is 19.0. The van der Waals surface area contributed by atoms with Crippen LogP contribution in [0, 0.1) is 36.5 Å². The second-order valence-electron chi connectivity index (χ2n) is 9.76. The lowest BCUT2D eigenvalue weighted by atomic mass is 9.85. The summed E-state index contributed by atoms with van der Waals surface area (Å²) in [5.41, 5.74) is 1.88. The van der Waals surface area contributed by atoms with Crippen molar-refractivity contribution in [1.82, 2.24) is 0 Å². The van der Waals surface area contributed by atoms with Gasteiger partial charge in [0.1, 0.15) is 5.75 Å². The molecule has 2 aromatic carbocycles. The standard InChI is InChI=1S/C27H23ClN2O5/c1-14-10-20(35-27(34)17-12-22(31)29(13-17)19-6-4-18(28)5-7-19)8-9-21(14)30-25(32)23-15-2-3-16(11-15)24(23)26(30)33/h2-10,15-17,23-24H,11-13H2,1H3/t15-,16-,17+,23+,24+/m0/s1. The number of benzene rings is 2. The van der Waals surface area contributed by atoms with Gasteiger partial charge in [0.15, 0.2) is 0 Å². The molecule has 7 nitrogen and oxygen atoms in total. The van der Waals surface area contributed by atoms with Crippen LogP contribution in [-0.4, -0.2) is 30.2 Å².